The molecular weight excluding hydrogens is 236 g/mol. The van der Waals surface area contributed by atoms with Gasteiger partial charge in [0.25, 0.3) is 0 Å². The molecule has 0 aromatic carbocycles. The highest BCUT2D eigenvalue weighted by Gasteiger charge is 2.08. The van der Waals surface area contributed by atoms with Crippen molar-refractivity contribution < 1.29 is 9.47 Å². The topological polar surface area (TPSA) is 57.4 Å². The Labute approximate surface area is 85.2 Å². The molecule has 1 heterocycles. The van der Waals surface area contributed by atoms with Crippen LogP contribution in [0.2, 0.25) is 0 Å². The van der Waals surface area contributed by atoms with E-state index in [1.165, 1.54) is 0 Å². The van der Waals surface area contributed by atoms with E-state index < -0.39 is 0 Å². The van der Waals surface area contributed by atoms with Gasteiger partial charge in [-0.15, -0.1) is 0 Å². The molecule has 0 unspecified atom stereocenters. The van der Waals surface area contributed by atoms with E-state index in [1.54, 1.807) is 19.5 Å². The van der Waals surface area contributed by atoms with E-state index in [9.17, 15) is 0 Å². The molecule has 0 radical (unpaired) electrons. The number of hydrogen-bond donors (Lipinski definition) is 1. The molecule has 0 bridgehead atoms. The highest BCUT2D eigenvalue weighted by atomic mass is 79.9. The van der Waals surface area contributed by atoms with Crippen LogP contribution < -0.4 is 15.2 Å². The Hall–Kier alpha value is -0.810. The number of aromatic nitrogens is 1. The SMILES string of the molecule is COc1cncc(Br)c1OCCN. The fourth-order valence-electron chi connectivity index (χ4n) is 0.852. The summed E-state index contributed by atoms with van der Waals surface area (Å²) in [6, 6.07) is 0. The molecule has 13 heavy (non-hydrogen) atoms. The van der Waals surface area contributed by atoms with Crippen LogP contribution in [0.5, 0.6) is 11.5 Å². The number of nitrogens with two attached hydrogens (primary N) is 1. The lowest BCUT2D eigenvalue weighted by Gasteiger charge is -2.10. The fourth-order valence-corrected chi connectivity index (χ4v) is 1.28. The first-order chi connectivity index (χ1) is 6.29. The summed E-state index contributed by atoms with van der Waals surface area (Å²) >= 11 is 3.31. The highest BCUT2D eigenvalue weighted by Crippen LogP contribution is 2.33. The summed E-state index contributed by atoms with van der Waals surface area (Å²) in [4.78, 5) is 3.94. The maximum absolute atomic E-state index is 5.37. The van der Waals surface area contributed by atoms with Gasteiger partial charge < -0.3 is 15.2 Å². The Balaban J connectivity index is 2.87. The number of rotatable bonds is 4. The van der Waals surface area contributed by atoms with Crippen LogP contribution in [0.4, 0.5) is 0 Å². The molecule has 0 spiro atoms. The molecule has 0 atom stereocenters. The van der Waals surface area contributed by atoms with Crippen molar-refractivity contribution in [2.75, 3.05) is 20.3 Å². The van der Waals surface area contributed by atoms with E-state index >= 15 is 0 Å². The number of ether oxygens (including phenoxy) is 2. The summed E-state index contributed by atoms with van der Waals surface area (Å²) in [5.41, 5.74) is 5.32. The molecule has 0 aliphatic carbocycles. The second-order valence-corrected chi connectivity index (χ2v) is 3.14. The van der Waals surface area contributed by atoms with Crippen molar-refractivity contribution in [3.05, 3.63) is 16.9 Å². The van der Waals surface area contributed by atoms with Crippen LogP contribution in [0.15, 0.2) is 16.9 Å². The van der Waals surface area contributed by atoms with Crippen LogP contribution in [0.25, 0.3) is 0 Å². The lowest BCUT2D eigenvalue weighted by atomic mass is 10.4. The van der Waals surface area contributed by atoms with Crippen molar-refractivity contribution in [2.45, 2.75) is 0 Å². The molecule has 2 N–H and O–H groups in total. The molecule has 0 saturated carbocycles. The van der Waals surface area contributed by atoms with Gasteiger partial charge in [0.05, 0.1) is 17.8 Å². The van der Waals surface area contributed by atoms with Gasteiger partial charge in [-0.2, -0.15) is 0 Å². The molecule has 5 heteroatoms. The number of hydrogen-bond acceptors (Lipinski definition) is 4. The van der Waals surface area contributed by atoms with E-state index in [1.807, 2.05) is 0 Å². The van der Waals surface area contributed by atoms with E-state index in [4.69, 9.17) is 15.2 Å². The zero-order valence-electron chi connectivity index (χ0n) is 7.29. The van der Waals surface area contributed by atoms with Crippen molar-refractivity contribution >= 4 is 15.9 Å². The standard InChI is InChI=1S/C8H11BrN2O2/c1-12-7-5-11-4-6(9)8(7)13-3-2-10/h4-5H,2-3,10H2,1H3. The lowest BCUT2D eigenvalue weighted by molar-refractivity contribution is 0.299. The summed E-state index contributed by atoms with van der Waals surface area (Å²) in [6.07, 6.45) is 3.24. The van der Waals surface area contributed by atoms with Crippen LogP contribution in [0, 0.1) is 0 Å². The van der Waals surface area contributed by atoms with Crippen molar-refractivity contribution in [1.29, 1.82) is 0 Å². The third-order valence-corrected chi connectivity index (χ3v) is 1.97. The van der Waals surface area contributed by atoms with Gasteiger partial charge in [-0.05, 0) is 15.9 Å². The predicted molar refractivity (Wildman–Crippen MR) is 53.0 cm³/mol. The summed E-state index contributed by atoms with van der Waals surface area (Å²) in [5.74, 6) is 1.24. The number of pyridine rings is 1. The summed E-state index contributed by atoms with van der Waals surface area (Å²) in [7, 11) is 1.57. The quantitative estimate of drug-likeness (QED) is 0.868. The molecule has 1 rings (SSSR count). The van der Waals surface area contributed by atoms with E-state index in [0.29, 0.717) is 24.7 Å². The zero-order chi connectivity index (χ0) is 9.68. The molecule has 72 valence electrons. The summed E-state index contributed by atoms with van der Waals surface area (Å²) < 4.78 is 11.2. The van der Waals surface area contributed by atoms with Crippen LogP contribution in [0.3, 0.4) is 0 Å². The molecule has 0 amide bonds. The minimum absolute atomic E-state index is 0.457. The maximum atomic E-state index is 5.37. The molecule has 0 aliphatic heterocycles. The average molecular weight is 247 g/mol. The molecular formula is C8H11BrN2O2. The van der Waals surface area contributed by atoms with Gasteiger partial charge in [-0.25, -0.2) is 0 Å². The molecule has 1 aromatic rings. The third kappa shape index (κ3) is 2.57. The van der Waals surface area contributed by atoms with Crippen molar-refractivity contribution in [3.8, 4) is 11.5 Å². The Morgan fingerprint density at radius 2 is 2.31 bits per heavy atom. The Morgan fingerprint density at radius 1 is 1.54 bits per heavy atom. The van der Waals surface area contributed by atoms with Crippen LogP contribution in [-0.2, 0) is 0 Å². The van der Waals surface area contributed by atoms with E-state index in [2.05, 4.69) is 20.9 Å². The van der Waals surface area contributed by atoms with Crippen molar-refractivity contribution in [1.82, 2.24) is 4.98 Å². The van der Waals surface area contributed by atoms with Gasteiger partial charge in [0.15, 0.2) is 11.5 Å². The highest BCUT2D eigenvalue weighted by molar-refractivity contribution is 9.10. The van der Waals surface area contributed by atoms with Gasteiger partial charge in [-0.3, -0.25) is 4.98 Å². The molecule has 0 aliphatic rings. The number of methoxy groups -OCH3 is 1. The molecule has 0 saturated heterocycles. The van der Waals surface area contributed by atoms with Crippen molar-refractivity contribution in [2.24, 2.45) is 5.73 Å². The second-order valence-electron chi connectivity index (χ2n) is 2.29. The average Bonchev–Trinajstić information content (AvgIpc) is 2.15. The predicted octanol–water partition coefficient (Wildman–Crippen LogP) is 1.19. The Kier molecular flexibility index (Phi) is 3.98. The van der Waals surface area contributed by atoms with Gasteiger partial charge in [0.1, 0.15) is 6.61 Å². The normalized spacial score (nSPS) is 9.77. The Bertz CT molecular complexity index is 281. The fraction of sp³-hybridized carbons (Fsp3) is 0.375. The first-order valence-electron chi connectivity index (χ1n) is 3.80. The van der Waals surface area contributed by atoms with Gasteiger partial charge in [0, 0.05) is 12.7 Å². The smallest absolute Gasteiger partial charge is 0.180 e. The van der Waals surface area contributed by atoms with Crippen LogP contribution >= 0.6 is 15.9 Å². The molecule has 0 fully saturated rings. The first-order valence-corrected chi connectivity index (χ1v) is 4.59. The first kappa shape index (κ1) is 10.3. The molecule has 1 aromatic heterocycles. The molecule has 4 nitrogen and oxygen atoms in total. The van der Waals surface area contributed by atoms with Gasteiger partial charge in [0.2, 0.25) is 0 Å². The maximum Gasteiger partial charge on any atom is 0.180 e. The largest absolute Gasteiger partial charge is 0.491 e. The van der Waals surface area contributed by atoms with Crippen LogP contribution in [0.1, 0.15) is 0 Å². The second kappa shape index (κ2) is 5.04. The minimum Gasteiger partial charge on any atom is -0.491 e. The monoisotopic (exact) mass is 246 g/mol. The lowest BCUT2D eigenvalue weighted by Crippen LogP contribution is -2.11. The summed E-state index contributed by atoms with van der Waals surface area (Å²) in [5, 5.41) is 0. The third-order valence-electron chi connectivity index (χ3n) is 1.40. The van der Waals surface area contributed by atoms with Crippen LogP contribution in [-0.4, -0.2) is 25.2 Å². The minimum atomic E-state index is 0.457. The van der Waals surface area contributed by atoms with E-state index in [-0.39, 0.29) is 0 Å². The zero-order valence-corrected chi connectivity index (χ0v) is 8.87. The van der Waals surface area contributed by atoms with E-state index in [0.717, 1.165) is 4.47 Å². The van der Waals surface area contributed by atoms with Gasteiger partial charge >= 0.3 is 0 Å². The summed E-state index contributed by atoms with van der Waals surface area (Å²) in [6.45, 7) is 0.927. The number of nitrogens with zero attached hydrogens (tertiary/aromatic N) is 1. The number of halogens is 1. The Morgan fingerprint density at radius 3 is 2.92 bits per heavy atom. The van der Waals surface area contributed by atoms with Crippen molar-refractivity contribution in [3.63, 3.8) is 0 Å². The van der Waals surface area contributed by atoms with Gasteiger partial charge in [-0.1, -0.05) is 0 Å².